The lowest BCUT2D eigenvalue weighted by Gasteiger charge is -1.99. The Morgan fingerprint density at radius 2 is 2.73 bits per heavy atom. The van der Waals surface area contributed by atoms with E-state index in [9.17, 15) is 0 Å². The number of terminal acetylenes is 1. The average Bonchev–Trinajstić information content (AvgIpc) is 2.52. The number of H-pyrrole nitrogens is 1. The molecule has 56 valence electrons. The first-order valence-corrected chi connectivity index (χ1v) is 3.46. The molecule has 0 amide bonds. The largest absolute Gasteiger partial charge is 0.365 e. The molecule has 3 nitrogen and oxygen atoms in total. The normalized spacial score (nSPS) is 8.64. The Morgan fingerprint density at radius 1 is 1.91 bits per heavy atom. The van der Waals surface area contributed by atoms with E-state index in [2.05, 4.69) is 21.4 Å². The summed E-state index contributed by atoms with van der Waals surface area (Å²) in [7, 11) is 0. The third-order valence-electron chi connectivity index (χ3n) is 1.11. The van der Waals surface area contributed by atoms with Crippen LogP contribution in [0.1, 0.15) is 5.56 Å². The van der Waals surface area contributed by atoms with Crippen molar-refractivity contribution < 1.29 is 0 Å². The third-order valence-corrected chi connectivity index (χ3v) is 1.49. The van der Waals surface area contributed by atoms with E-state index in [0.717, 1.165) is 5.56 Å². The highest BCUT2D eigenvalue weighted by atomic mass is 32.1. The van der Waals surface area contributed by atoms with Gasteiger partial charge in [-0.15, -0.1) is 6.42 Å². The van der Waals surface area contributed by atoms with E-state index in [1.54, 1.807) is 12.4 Å². The summed E-state index contributed by atoms with van der Waals surface area (Å²) in [6, 6.07) is 0. The van der Waals surface area contributed by atoms with Crippen LogP contribution in [-0.2, 0) is 0 Å². The monoisotopic (exact) mass is 165 g/mol. The summed E-state index contributed by atoms with van der Waals surface area (Å²) >= 11 is 4.97. The molecule has 0 aromatic carbocycles. The molecule has 1 aromatic heterocycles. The van der Waals surface area contributed by atoms with Gasteiger partial charge < -0.3 is 5.32 Å². The van der Waals surface area contributed by atoms with Crippen molar-refractivity contribution in [3.8, 4) is 12.3 Å². The summed E-state index contributed by atoms with van der Waals surface area (Å²) in [5.41, 5.74) is 0.857. The van der Waals surface area contributed by atoms with Gasteiger partial charge in [-0.05, 0) is 0 Å². The third kappa shape index (κ3) is 2.06. The van der Waals surface area contributed by atoms with Crippen LogP contribution in [0.5, 0.6) is 0 Å². The number of rotatable bonds is 2. The smallest absolute Gasteiger partial charge is 0.110 e. The fraction of sp³-hybridized carbons (Fsp3) is 0.143. The maximum atomic E-state index is 5.03. The highest BCUT2D eigenvalue weighted by Crippen LogP contribution is 1.93. The van der Waals surface area contributed by atoms with Gasteiger partial charge in [0, 0.05) is 11.8 Å². The van der Waals surface area contributed by atoms with E-state index in [4.69, 9.17) is 18.6 Å². The van der Waals surface area contributed by atoms with E-state index in [0.29, 0.717) is 11.5 Å². The zero-order valence-corrected chi connectivity index (χ0v) is 6.61. The molecule has 0 saturated heterocycles. The van der Waals surface area contributed by atoms with Gasteiger partial charge >= 0.3 is 0 Å². The molecule has 1 aromatic rings. The first-order valence-electron chi connectivity index (χ1n) is 3.05. The fourth-order valence-electron chi connectivity index (χ4n) is 0.608. The van der Waals surface area contributed by atoms with Gasteiger partial charge in [0.05, 0.1) is 12.7 Å². The van der Waals surface area contributed by atoms with Crippen LogP contribution in [0, 0.1) is 12.3 Å². The van der Waals surface area contributed by atoms with Crippen molar-refractivity contribution in [3.63, 3.8) is 0 Å². The van der Waals surface area contributed by atoms with Crippen LogP contribution in [0.3, 0.4) is 0 Å². The molecule has 0 unspecified atom stereocenters. The fourth-order valence-corrected chi connectivity index (χ4v) is 0.792. The molecule has 0 aliphatic rings. The van der Waals surface area contributed by atoms with Gasteiger partial charge in [0.15, 0.2) is 0 Å². The summed E-state index contributed by atoms with van der Waals surface area (Å²) in [6.45, 7) is 0.448. The van der Waals surface area contributed by atoms with Gasteiger partial charge in [-0.2, -0.15) is 5.10 Å². The summed E-state index contributed by atoms with van der Waals surface area (Å²) in [5.74, 6) is 2.43. The van der Waals surface area contributed by atoms with Crippen molar-refractivity contribution in [2.24, 2.45) is 0 Å². The molecule has 0 aliphatic carbocycles. The number of nitrogens with one attached hydrogen (secondary N) is 2. The SMILES string of the molecule is C#CCNC(=S)c1cn[nH]c1. The molecular weight excluding hydrogens is 158 g/mol. The molecule has 0 radical (unpaired) electrons. The zero-order valence-electron chi connectivity index (χ0n) is 5.79. The van der Waals surface area contributed by atoms with Crippen LogP contribution in [0.2, 0.25) is 0 Å². The van der Waals surface area contributed by atoms with Crippen molar-refractivity contribution in [2.75, 3.05) is 6.54 Å². The first kappa shape index (κ1) is 7.76. The highest BCUT2D eigenvalue weighted by molar-refractivity contribution is 7.80. The van der Waals surface area contributed by atoms with Gasteiger partial charge in [0.1, 0.15) is 4.99 Å². The maximum absolute atomic E-state index is 5.03. The van der Waals surface area contributed by atoms with Gasteiger partial charge in [-0.1, -0.05) is 18.1 Å². The molecule has 11 heavy (non-hydrogen) atoms. The van der Waals surface area contributed by atoms with E-state index in [1.165, 1.54) is 0 Å². The second-order valence-corrected chi connectivity index (χ2v) is 2.28. The number of aromatic amines is 1. The molecule has 0 bridgehead atoms. The standard InChI is InChI=1S/C7H7N3S/c1-2-3-8-7(11)6-4-9-10-5-6/h1,4-5H,3H2,(H,8,11)(H,9,10). The number of thiocarbonyl (C=S) groups is 1. The Labute approximate surface area is 70.2 Å². The minimum atomic E-state index is 0.448. The van der Waals surface area contributed by atoms with Crippen LogP contribution < -0.4 is 5.32 Å². The Morgan fingerprint density at radius 3 is 3.27 bits per heavy atom. The predicted octanol–water partition coefficient (Wildman–Crippen LogP) is 0.308. The number of hydrogen-bond acceptors (Lipinski definition) is 2. The molecule has 0 saturated carbocycles. The lowest BCUT2D eigenvalue weighted by Crippen LogP contribution is -2.21. The van der Waals surface area contributed by atoms with Crippen molar-refractivity contribution in [1.82, 2.24) is 15.5 Å². The Bertz CT molecular complexity index is 270. The van der Waals surface area contributed by atoms with Crippen LogP contribution in [0.15, 0.2) is 12.4 Å². The number of aromatic nitrogens is 2. The molecule has 0 spiro atoms. The van der Waals surface area contributed by atoms with E-state index in [1.807, 2.05) is 0 Å². The summed E-state index contributed by atoms with van der Waals surface area (Å²) in [4.78, 5) is 0.622. The second-order valence-electron chi connectivity index (χ2n) is 1.87. The Hall–Kier alpha value is -1.34. The van der Waals surface area contributed by atoms with E-state index in [-0.39, 0.29) is 0 Å². The molecule has 0 aliphatic heterocycles. The van der Waals surface area contributed by atoms with Crippen molar-refractivity contribution >= 4 is 17.2 Å². The highest BCUT2D eigenvalue weighted by Gasteiger charge is 1.98. The Kier molecular flexibility index (Phi) is 2.64. The van der Waals surface area contributed by atoms with Gasteiger partial charge in [0.2, 0.25) is 0 Å². The molecule has 1 rings (SSSR count). The Balaban J connectivity index is 2.51. The minimum absolute atomic E-state index is 0.448. The van der Waals surface area contributed by atoms with Gasteiger partial charge in [0.25, 0.3) is 0 Å². The van der Waals surface area contributed by atoms with Crippen molar-refractivity contribution in [2.45, 2.75) is 0 Å². The minimum Gasteiger partial charge on any atom is -0.365 e. The topological polar surface area (TPSA) is 40.7 Å². The lowest BCUT2D eigenvalue weighted by atomic mass is 10.3. The van der Waals surface area contributed by atoms with Crippen molar-refractivity contribution in [1.29, 1.82) is 0 Å². The predicted molar refractivity (Wildman–Crippen MR) is 47.1 cm³/mol. The average molecular weight is 165 g/mol. The zero-order chi connectivity index (χ0) is 8.10. The molecule has 4 heteroatoms. The molecular formula is C7H7N3S. The number of hydrogen-bond donors (Lipinski definition) is 2. The lowest BCUT2D eigenvalue weighted by molar-refractivity contribution is 1.09. The van der Waals surface area contributed by atoms with Crippen LogP contribution in [0.4, 0.5) is 0 Å². The number of nitrogens with zero attached hydrogens (tertiary/aromatic N) is 1. The quantitative estimate of drug-likeness (QED) is 0.489. The molecule has 2 N–H and O–H groups in total. The van der Waals surface area contributed by atoms with Gasteiger partial charge in [-0.25, -0.2) is 0 Å². The maximum Gasteiger partial charge on any atom is 0.110 e. The first-order chi connectivity index (χ1) is 5.34. The van der Waals surface area contributed by atoms with Gasteiger partial charge in [-0.3, -0.25) is 5.10 Å². The van der Waals surface area contributed by atoms with E-state index < -0.39 is 0 Å². The van der Waals surface area contributed by atoms with E-state index >= 15 is 0 Å². The van der Waals surface area contributed by atoms with Crippen LogP contribution in [-0.4, -0.2) is 21.7 Å². The summed E-state index contributed by atoms with van der Waals surface area (Å²) in [6.07, 6.45) is 8.39. The molecule has 0 atom stereocenters. The van der Waals surface area contributed by atoms with Crippen molar-refractivity contribution in [3.05, 3.63) is 18.0 Å². The van der Waals surface area contributed by atoms with Crippen LogP contribution >= 0.6 is 12.2 Å². The summed E-state index contributed by atoms with van der Waals surface area (Å²) < 4.78 is 0. The molecule has 1 heterocycles. The van der Waals surface area contributed by atoms with Crippen LogP contribution in [0.25, 0.3) is 0 Å². The molecule has 0 fully saturated rings. The second kappa shape index (κ2) is 3.74. The summed E-state index contributed by atoms with van der Waals surface area (Å²) in [5, 5.41) is 9.28.